The van der Waals surface area contributed by atoms with E-state index in [9.17, 15) is 9.59 Å². The molecule has 8 heteroatoms. The first-order valence-corrected chi connectivity index (χ1v) is 7.96. The maximum absolute atomic E-state index is 11.5. The van der Waals surface area contributed by atoms with Gasteiger partial charge in [0, 0.05) is 21.0 Å². The van der Waals surface area contributed by atoms with Crippen molar-refractivity contribution >= 4 is 22.8 Å². The highest BCUT2D eigenvalue weighted by atomic mass is 32.2. The van der Waals surface area contributed by atoms with Crippen LogP contribution < -0.4 is 0 Å². The number of rotatable bonds is 5. The van der Waals surface area contributed by atoms with Crippen LogP contribution in [0.5, 0.6) is 0 Å². The fourth-order valence-electron chi connectivity index (χ4n) is 2.68. The molecule has 2 aliphatic rings. The Morgan fingerprint density at radius 3 is 2.50 bits per heavy atom. The standard InChI is InChI=1S/C14H22O7S/c1-7(15)18-6-9(22-8(2)16)10-11(17-5)12-13(19-10)21-14(3,4)20-12/h9-13H,6H2,1-5H3/t9-,10+,11-,12+,13+/m0/s1. The Balaban J connectivity index is 2.10. The lowest BCUT2D eigenvalue weighted by molar-refractivity contribution is -0.217. The lowest BCUT2D eigenvalue weighted by Crippen LogP contribution is -2.43. The summed E-state index contributed by atoms with van der Waals surface area (Å²) in [5.41, 5.74) is 0. The topological polar surface area (TPSA) is 80.3 Å². The third kappa shape index (κ3) is 3.99. The Labute approximate surface area is 133 Å². The third-order valence-electron chi connectivity index (χ3n) is 3.43. The summed E-state index contributed by atoms with van der Waals surface area (Å²) in [5.74, 6) is -1.15. The minimum atomic E-state index is -0.740. The number of fused-ring (bicyclic) bond motifs is 1. The van der Waals surface area contributed by atoms with Crippen LogP contribution in [0.4, 0.5) is 0 Å². The summed E-state index contributed by atoms with van der Waals surface area (Å²) in [6.07, 6.45) is -1.81. The van der Waals surface area contributed by atoms with Gasteiger partial charge in [0.05, 0.1) is 5.25 Å². The Kier molecular flexibility index (Phi) is 5.50. The molecule has 0 aromatic rings. The molecule has 5 atom stereocenters. The maximum atomic E-state index is 11.5. The number of methoxy groups -OCH3 is 1. The zero-order chi connectivity index (χ0) is 16.5. The van der Waals surface area contributed by atoms with Crippen LogP contribution in [0.15, 0.2) is 0 Å². The Bertz CT molecular complexity index is 439. The van der Waals surface area contributed by atoms with Gasteiger partial charge in [-0.25, -0.2) is 0 Å². The monoisotopic (exact) mass is 334 g/mol. The molecule has 2 heterocycles. The molecule has 0 amide bonds. The van der Waals surface area contributed by atoms with Gasteiger partial charge in [0.15, 0.2) is 17.2 Å². The van der Waals surface area contributed by atoms with Gasteiger partial charge >= 0.3 is 5.97 Å². The molecular weight excluding hydrogens is 312 g/mol. The summed E-state index contributed by atoms with van der Waals surface area (Å²) in [6, 6.07) is 0. The second-order valence-corrected chi connectivity index (χ2v) is 7.14. The number of thioether (sulfide) groups is 1. The summed E-state index contributed by atoms with van der Waals surface area (Å²) < 4.78 is 27.9. The molecule has 22 heavy (non-hydrogen) atoms. The van der Waals surface area contributed by atoms with Gasteiger partial charge in [-0.05, 0) is 13.8 Å². The van der Waals surface area contributed by atoms with E-state index in [0.29, 0.717) is 0 Å². The van der Waals surface area contributed by atoms with Crippen molar-refractivity contribution in [3.8, 4) is 0 Å². The molecule has 0 N–H and O–H groups in total. The van der Waals surface area contributed by atoms with Crippen LogP contribution in [-0.4, -0.2) is 60.4 Å². The number of hydrogen-bond acceptors (Lipinski definition) is 8. The zero-order valence-electron chi connectivity index (χ0n) is 13.4. The van der Waals surface area contributed by atoms with Gasteiger partial charge in [0.1, 0.15) is 24.9 Å². The van der Waals surface area contributed by atoms with Crippen molar-refractivity contribution in [3.63, 3.8) is 0 Å². The Morgan fingerprint density at radius 2 is 1.95 bits per heavy atom. The van der Waals surface area contributed by atoms with E-state index >= 15 is 0 Å². The molecule has 0 aromatic carbocycles. The predicted molar refractivity (Wildman–Crippen MR) is 78.2 cm³/mol. The van der Waals surface area contributed by atoms with Crippen molar-refractivity contribution < 1.29 is 33.3 Å². The normalized spacial score (nSPS) is 34.2. The molecule has 2 aliphatic heterocycles. The first kappa shape index (κ1) is 17.7. The average Bonchev–Trinajstić information content (AvgIpc) is 2.85. The van der Waals surface area contributed by atoms with Crippen molar-refractivity contribution in [2.24, 2.45) is 0 Å². The SMILES string of the molecule is CO[C@@H]1[C@H]2OC(C)(C)O[C@H]2O[C@@H]1[C@H](COC(C)=O)SC(C)=O. The van der Waals surface area contributed by atoms with Gasteiger partial charge in [-0.1, -0.05) is 11.8 Å². The van der Waals surface area contributed by atoms with Crippen molar-refractivity contribution in [1.82, 2.24) is 0 Å². The van der Waals surface area contributed by atoms with Crippen LogP contribution in [0.3, 0.4) is 0 Å². The van der Waals surface area contributed by atoms with Gasteiger partial charge in [0.25, 0.3) is 0 Å². The van der Waals surface area contributed by atoms with E-state index in [0.717, 1.165) is 11.8 Å². The smallest absolute Gasteiger partial charge is 0.302 e. The van der Waals surface area contributed by atoms with Crippen molar-refractivity contribution in [2.45, 2.75) is 63.3 Å². The van der Waals surface area contributed by atoms with Gasteiger partial charge in [-0.2, -0.15) is 0 Å². The molecule has 0 unspecified atom stereocenters. The molecule has 0 spiro atoms. The van der Waals surface area contributed by atoms with E-state index in [1.807, 2.05) is 0 Å². The average molecular weight is 334 g/mol. The number of hydrogen-bond donors (Lipinski definition) is 0. The lowest BCUT2D eigenvalue weighted by Gasteiger charge is -2.29. The molecule has 2 rings (SSSR count). The van der Waals surface area contributed by atoms with E-state index < -0.39 is 30.3 Å². The zero-order valence-corrected chi connectivity index (χ0v) is 14.2. The molecule has 0 radical (unpaired) electrons. The molecule has 0 aromatic heterocycles. The lowest BCUT2D eigenvalue weighted by atomic mass is 10.1. The summed E-state index contributed by atoms with van der Waals surface area (Å²) in [7, 11) is 1.55. The summed E-state index contributed by atoms with van der Waals surface area (Å²) >= 11 is 1.06. The summed E-state index contributed by atoms with van der Waals surface area (Å²) in [5, 5.41) is -0.470. The Hall–Kier alpha value is -0.670. The largest absolute Gasteiger partial charge is 0.465 e. The fourth-order valence-corrected chi connectivity index (χ4v) is 3.60. The van der Waals surface area contributed by atoms with Crippen molar-refractivity contribution in [2.75, 3.05) is 13.7 Å². The van der Waals surface area contributed by atoms with E-state index in [2.05, 4.69) is 0 Å². The molecule has 0 saturated carbocycles. The molecular formula is C14H22O7S. The van der Waals surface area contributed by atoms with E-state index in [-0.39, 0.29) is 23.1 Å². The maximum Gasteiger partial charge on any atom is 0.302 e. The highest BCUT2D eigenvalue weighted by Crippen LogP contribution is 2.41. The number of carbonyl (C=O) groups excluding carboxylic acids is 2. The second kappa shape index (κ2) is 6.84. The van der Waals surface area contributed by atoms with Crippen LogP contribution in [0.1, 0.15) is 27.7 Å². The molecule has 7 nitrogen and oxygen atoms in total. The molecule has 2 saturated heterocycles. The first-order chi connectivity index (χ1) is 10.2. The first-order valence-electron chi connectivity index (χ1n) is 7.08. The molecule has 0 aliphatic carbocycles. The van der Waals surface area contributed by atoms with Crippen LogP contribution >= 0.6 is 11.8 Å². The van der Waals surface area contributed by atoms with Crippen LogP contribution in [0.2, 0.25) is 0 Å². The number of carbonyl (C=O) groups is 2. The molecule has 0 bridgehead atoms. The minimum Gasteiger partial charge on any atom is -0.465 e. The Morgan fingerprint density at radius 1 is 1.27 bits per heavy atom. The quantitative estimate of drug-likeness (QED) is 0.691. The van der Waals surface area contributed by atoms with E-state index in [4.69, 9.17) is 23.7 Å². The summed E-state index contributed by atoms with van der Waals surface area (Å²) in [6.45, 7) is 6.45. The molecule has 126 valence electrons. The highest BCUT2D eigenvalue weighted by molar-refractivity contribution is 8.14. The van der Waals surface area contributed by atoms with Crippen molar-refractivity contribution in [3.05, 3.63) is 0 Å². The summed E-state index contributed by atoms with van der Waals surface area (Å²) in [4.78, 5) is 22.5. The van der Waals surface area contributed by atoms with Crippen LogP contribution in [0, 0.1) is 0 Å². The van der Waals surface area contributed by atoms with E-state index in [1.54, 1.807) is 21.0 Å². The minimum absolute atomic E-state index is 0.0624. The van der Waals surface area contributed by atoms with Crippen LogP contribution in [-0.2, 0) is 33.3 Å². The van der Waals surface area contributed by atoms with Crippen molar-refractivity contribution in [1.29, 1.82) is 0 Å². The van der Waals surface area contributed by atoms with Crippen LogP contribution in [0.25, 0.3) is 0 Å². The number of esters is 1. The van der Waals surface area contributed by atoms with Gasteiger partial charge in [0.2, 0.25) is 0 Å². The van der Waals surface area contributed by atoms with Gasteiger partial charge in [-0.15, -0.1) is 0 Å². The second-order valence-electron chi connectivity index (χ2n) is 5.72. The van der Waals surface area contributed by atoms with E-state index in [1.165, 1.54) is 13.8 Å². The predicted octanol–water partition coefficient (Wildman–Crippen LogP) is 1.09. The van der Waals surface area contributed by atoms with Gasteiger partial charge in [-0.3, -0.25) is 9.59 Å². The molecule has 2 fully saturated rings. The fraction of sp³-hybridized carbons (Fsp3) is 0.857. The van der Waals surface area contributed by atoms with Gasteiger partial charge < -0.3 is 23.7 Å². The highest BCUT2D eigenvalue weighted by Gasteiger charge is 2.57. The number of ether oxygens (including phenoxy) is 5. The third-order valence-corrected chi connectivity index (χ3v) is 4.47.